The topological polar surface area (TPSA) is 43.4 Å². The van der Waals surface area contributed by atoms with Crippen LogP contribution in [0.5, 0.6) is 0 Å². The predicted octanol–water partition coefficient (Wildman–Crippen LogP) is 1.94. The molecule has 4 atom stereocenters. The minimum Gasteiger partial charge on any atom is -0.466 e. The fourth-order valence-corrected chi connectivity index (χ4v) is 4.34. The quantitative estimate of drug-likeness (QED) is 0.671. The number of carbonyl (C=O) groups excluding carboxylic acids is 2. The maximum Gasteiger partial charge on any atom is 0.313 e. The van der Waals surface area contributed by atoms with Crippen LogP contribution in [0.3, 0.4) is 0 Å². The zero-order chi connectivity index (χ0) is 11.6. The van der Waals surface area contributed by atoms with Gasteiger partial charge in [0.05, 0.1) is 12.0 Å². The van der Waals surface area contributed by atoms with Gasteiger partial charge in [0.15, 0.2) is 0 Å². The summed E-state index contributed by atoms with van der Waals surface area (Å²) in [6, 6.07) is 0. The molecule has 3 fully saturated rings. The molecule has 0 aliphatic heterocycles. The first-order valence-corrected chi connectivity index (χ1v) is 6.29. The maximum absolute atomic E-state index is 12.3. The first-order valence-electron chi connectivity index (χ1n) is 6.29. The van der Waals surface area contributed by atoms with Crippen molar-refractivity contribution in [3.8, 4) is 0 Å². The average Bonchev–Trinajstić information content (AvgIpc) is 2.59. The van der Waals surface area contributed by atoms with Crippen molar-refractivity contribution in [1.82, 2.24) is 0 Å². The minimum absolute atomic E-state index is 0.111. The van der Waals surface area contributed by atoms with E-state index >= 15 is 0 Å². The summed E-state index contributed by atoms with van der Waals surface area (Å²) in [6.07, 6.45) is 3.85. The molecule has 0 aromatic rings. The summed E-state index contributed by atoms with van der Waals surface area (Å²) in [5.74, 6) is 0.663. The maximum atomic E-state index is 12.3. The molecule has 3 rings (SSSR count). The summed E-state index contributed by atoms with van der Waals surface area (Å²) < 4.78 is 5.20. The van der Waals surface area contributed by atoms with Gasteiger partial charge in [-0.3, -0.25) is 9.59 Å². The molecule has 3 nitrogen and oxygen atoms in total. The molecule has 0 aromatic heterocycles. The number of ketones is 1. The van der Waals surface area contributed by atoms with Crippen LogP contribution in [0.2, 0.25) is 0 Å². The summed E-state index contributed by atoms with van der Waals surface area (Å²) in [7, 11) is 0. The van der Waals surface area contributed by atoms with E-state index in [0.29, 0.717) is 12.4 Å². The van der Waals surface area contributed by atoms with Crippen molar-refractivity contribution in [3.63, 3.8) is 0 Å². The van der Waals surface area contributed by atoms with E-state index in [-0.39, 0.29) is 23.2 Å². The van der Waals surface area contributed by atoms with Gasteiger partial charge in [-0.1, -0.05) is 13.3 Å². The smallest absolute Gasteiger partial charge is 0.313 e. The highest BCUT2D eigenvalue weighted by Crippen LogP contribution is 2.78. The Morgan fingerprint density at radius 1 is 1.50 bits per heavy atom. The molecule has 0 N–H and O–H groups in total. The molecule has 0 unspecified atom stereocenters. The Bertz CT molecular complexity index is 375. The Morgan fingerprint density at radius 2 is 2.25 bits per heavy atom. The van der Waals surface area contributed by atoms with Crippen molar-refractivity contribution in [1.29, 1.82) is 0 Å². The van der Waals surface area contributed by atoms with Gasteiger partial charge in [-0.05, 0) is 32.1 Å². The van der Waals surface area contributed by atoms with E-state index in [9.17, 15) is 9.59 Å². The van der Waals surface area contributed by atoms with Crippen molar-refractivity contribution in [3.05, 3.63) is 0 Å². The minimum atomic E-state index is -0.429. The number of Topliss-reactive ketones (excluding diaryl/α,β-unsaturated/α-hetero) is 1. The van der Waals surface area contributed by atoms with E-state index in [1.807, 2.05) is 13.8 Å². The van der Waals surface area contributed by atoms with Crippen LogP contribution in [0.15, 0.2) is 0 Å². The van der Waals surface area contributed by atoms with Crippen LogP contribution < -0.4 is 0 Å². The fourth-order valence-electron chi connectivity index (χ4n) is 4.34. The third-order valence-corrected chi connectivity index (χ3v) is 5.16. The van der Waals surface area contributed by atoms with Crippen molar-refractivity contribution in [2.45, 2.75) is 39.5 Å². The summed E-state index contributed by atoms with van der Waals surface area (Å²) in [5.41, 5.74) is -0.809. The second-order valence-electron chi connectivity index (χ2n) is 5.71. The van der Waals surface area contributed by atoms with Gasteiger partial charge in [-0.2, -0.15) is 0 Å². The highest BCUT2D eigenvalue weighted by molar-refractivity contribution is 6.03. The molecular formula is C13H18O3. The molecule has 0 aromatic carbocycles. The van der Waals surface area contributed by atoms with Crippen molar-refractivity contribution in [2.24, 2.45) is 22.7 Å². The number of rotatable bonds is 2. The van der Waals surface area contributed by atoms with Gasteiger partial charge in [0.2, 0.25) is 0 Å². The SMILES string of the molecule is CCOC(=O)[C@@]12C[C@]1(C)C(=O)[C@H]1CCC[C@H]12. The monoisotopic (exact) mass is 222 g/mol. The number of esters is 1. The highest BCUT2D eigenvalue weighted by Gasteiger charge is 2.83. The van der Waals surface area contributed by atoms with Crippen LogP contribution in [0.1, 0.15) is 39.5 Å². The van der Waals surface area contributed by atoms with E-state index in [2.05, 4.69) is 0 Å². The molecule has 0 spiro atoms. The Labute approximate surface area is 95.5 Å². The molecule has 3 saturated carbocycles. The summed E-state index contributed by atoms with van der Waals surface area (Å²) in [5, 5.41) is 0. The second-order valence-corrected chi connectivity index (χ2v) is 5.71. The highest BCUT2D eigenvalue weighted by atomic mass is 16.5. The van der Waals surface area contributed by atoms with Gasteiger partial charge in [0.1, 0.15) is 5.78 Å². The number of ether oxygens (including phenoxy) is 1. The van der Waals surface area contributed by atoms with E-state index in [4.69, 9.17) is 4.74 Å². The first-order chi connectivity index (χ1) is 7.58. The lowest BCUT2D eigenvalue weighted by atomic mass is 9.85. The van der Waals surface area contributed by atoms with Crippen LogP contribution in [0, 0.1) is 22.7 Å². The number of fused-ring (bicyclic) bond motifs is 3. The van der Waals surface area contributed by atoms with Crippen molar-refractivity contribution in [2.75, 3.05) is 6.61 Å². The van der Waals surface area contributed by atoms with E-state index < -0.39 is 5.41 Å². The lowest BCUT2D eigenvalue weighted by molar-refractivity contribution is -0.153. The Morgan fingerprint density at radius 3 is 2.94 bits per heavy atom. The molecule has 0 amide bonds. The molecule has 3 aliphatic carbocycles. The van der Waals surface area contributed by atoms with Crippen molar-refractivity contribution >= 4 is 11.8 Å². The second kappa shape index (κ2) is 2.88. The number of hydrogen-bond donors (Lipinski definition) is 0. The van der Waals surface area contributed by atoms with Crippen LogP contribution in [0.25, 0.3) is 0 Å². The molecular weight excluding hydrogens is 204 g/mol. The van der Waals surface area contributed by atoms with Gasteiger partial charge in [0, 0.05) is 11.3 Å². The number of hydrogen-bond acceptors (Lipinski definition) is 3. The molecule has 3 heteroatoms. The third-order valence-electron chi connectivity index (χ3n) is 5.16. The zero-order valence-electron chi connectivity index (χ0n) is 9.91. The molecule has 0 heterocycles. The van der Waals surface area contributed by atoms with Crippen LogP contribution in [-0.4, -0.2) is 18.4 Å². The van der Waals surface area contributed by atoms with Gasteiger partial charge >= 0.3 is 5.97 Å². The van der Waals surface area contributed by atoms with Gasteiger partial charge in [0.25, 0.3) is 0 Å². The van der Waals surface area contributed by atoms with Crippen LogP contribution in [-0.2, 0) is 14.3 Å². The van der Waals surface area contributed by atoms with E-state index in [1.54, 1.807) is 0 Å². The normalized spacial score (nSPS) is 48.8. The molecule has 0 radical (unpaired) electrons. The molecule has 0 bridgehead atoms. The van der Waals surface area contributed by atoms with E-state index in [1.165, 1.54) is 0 Å². The molecule has 16 heavy (non-hydrogen) atoms. The molecule has 0 saturated heterocycles. The Hall–Kier alpha value is -0.860. The van der Waals surface area contributed by atoms with Gasteiger partial charge in [-0.25, -0.2) is 0 Å². The third kappa shape index (κ3) is 0.871. The lowest BCUT2D eigenvalue weighted by Crippen LogP contribution is -2.28. The fraction of sp³-hybridized carbons (Fsp3) is 0.846. The predicted molar refractivity (Wildman–Crippen MR) is 57.6 cm³/mol. The van der Waals surface area contributed by atoms with Crippen molar-refractivity contribution < 1.29 is 14.3 Å². The van der Waals surface area contributed by atoms with Crippen LogP contribution in [0.4, 0.5) is 0 Å². The van der Waals surface area contributed by atoms with Gasteiger partial charge in [-0.15, -0.1) is 0 Å². The Balaban J connectivity index is 1.97. The van der Waals surface area contributed by atoms with Crippen LogP contribution >= 0.6 is 0 Å². The average molecular weight is 222 g/mol. The molecule has 88 valence electrons. The molecule has 3 aliphatic rings. The van der Waals surface area contributed by atoms with E-state index in [0.717, 1.165) is 25.7 Å². The largest absolute Gasteiger partial charge is 0.466 e. The first kappa shape index (κ1) is 10.3. The zero-order valence-corrected chi connectivity index (χ0v) is 9.91. The van der Waals surface area contributed by atoms with Gasteiger partial charge < -0.3 is 4.74 Å². The number of carbonyl (C=O) groups is 2. The summed E-state index contributed by atoms with van der Waals surface area (Å²) in [6.45, 7) is 4.21. The summed E-state index contributed by atoms with van der Waals surface area (Å²) in [4.78, 5) is 24.4. The standard InChI is InChI=1S/C13H18O3/c1-3-16-11(15)13-7-12(13,2)10(14)8-5-4-6-9(8)13/h8-9H,3-7H2,1-2H3/t8-,9+,12+,13-/m0/s1. The lowest BCUT2D eigenvalue weighted by Gasteiger charge is -2.20. The summed E-state index contributed by atoms with van der Waals surface area (Å²) >= 11 is 0. The Kier molecular flexibility index (Phi) is 1.85.